The molecule has 0 radical (unpaired) electrons. The van der Waals surface area contributed by atoms with Gasteiger partial charge in [0.05, 0.1) is 18.7 Å². The number of hydrogen-bond donors (Lipinski definition) is 1. The smallest absolute Gasteiger partial charge is 0.303 e. The van der Waals surface area contributed by atoms with Crippen LogP contribution >= 0.6 is 0 Å². The quantitative estimate of drug-likeness (QED) is 0.473. The Morgan fingerprint density at radius 1 is 1.03 bits per heavy atom. The second-order valence-electron chi connectivity index (χ2n) is 6.59. The summed E-state index contributed by atoms with van der Waals surface area (Å²) in [5.41, 5.74) is 2.95. The number of benzene rings is 2. The Kier molecular flexibility index (Phi) is 5.29. The Hall–Kier alpha value is -3.61. The fourth-order valence-electron chi connectivity index (χ4n) is 3.03. The number of para-hydroxylation sites is 1. The normalized spacial score (nSPS) is 11.1. The van der Waals surface area contributed by atoms with E-state index in [1.54, 1.807) is 6.07 Å². The zero-order chi connectivity index (χ0) is 20.2. The third-order valence-corrected chi connectivity index (χ3v) is 4.49. The van der Waals surface area contributed by atoms with Crippen molar-refractivity contribution in [2.75, 3.05) is 6.61 Å². The van der Waals surface area contributed by atoms with Crippen LogP contribution in [0.5, 0.6) is 5.75 Å². The van der Waals surface area contributed by atoms with Gasteiger partial charge in [0.15, 0.2) is 17.0 Å². The van der Waals surface area contributed by atoms with E-state index in [0.29, 0.717) is 41.7 Å². The minimum atomic E-state index is -0.887. The second kappa shape index (κ2) is 8.18. The molecule has 0 aliphatic heterocycles. The highest BCUT2D eigenvalue weighted by Crippen LogP contribution is 2.27. The van der Waals surface area contributed by atoms with Crippen LogP contribution in [0.1, 0.15) is 23.8 Å². The first-order valence-electron chi connectivity index (χ1n) is 9.35. The lowest BCUT2D eigenvalue weighted by Crippen LogP contribution is -2.03. The SMILES string of the molecule is Cc1oc(-c2ccccc2)nc1CCOc1cccc2oc(CCC(=O)O)nc12. The number of hydrogen-bond acceptors (Lipinski definition) is 6. The first kappa shape index (κ1) is 18.7. The Morgan fingerprint density at radius 2 is 1.86 bits per heavy atom. The molecule has 0 saturated heterocycles. The van der Waals surface area contributed by atoms with Gasteiger partial charge in [-0.05, 0) is 31.2 Å². The number of aryl methyl sites for hydroxylation is 2. The summed E-state index contributed by atoms with van der Waals surface area (Å²) < 4.78 is 17.3. The molecule has 7 heteroatoms. The lowest BCUT2D eigenvalue weighted by molar-refractivity contribution is -0.137. The van der Waals surface area contributed by atoms with Gasteiger partial charge in [-0.25, -0.2) is 9.97 Å². The van der Waals surface area contributed by atoms with Crippen molar-refractivity contribution in [1.82, 2.24) is 9.97 Å². The fraction of sp³-hybridized carbons (Fsp3) is 0.227. The number of carboxylic acids is 1. The molecule has 4 rings (SSSR count). The summed E-state index contributed by atoms with van der Waals surface area (Å²) in [6.45, 7) is 2.29. The van der Waals surface area contributed by atoms with Gasteiger partial charge in [-0.15, -0.1) is 0 Å². The monoisotopic (exact) mass is 392 g/mol. The zero-order valence-electron chi connectivity index (χ0n) is 15.9. The van der Waals surface area contributed by atoms with E-state index in [0.717, 1.165) is 17.0 Å². The molecule has 0 aliphatic rings. The predicted octanol–water partition coefficient (Wildman–Crippen LogP) is 4.43. The van der Waals surface area contributed by atoms with Gasteiger partial charge in [-0.1, -0.05) is 24.3 Å². The molecular weight excluding hydrogens is 372 g/mol. The van der Waals surface area contributed by atoms with Crippen molar-refractivity contribution >= 4 is 17.1 Å². The average molecular weight is 392 g/mol. The number of nitrogens with zero attached hydrogens (tertiary/aromatic N) is 2. The molecule has 0 saturated carbocycles. The largest absolute Gasteiger partial charge is 0.491 e. The lowest BCUT2D eigenvalue weighted by Gasteiger charge is -2.05. The van der Waals surface area contributed by atoms with E-state index in [4.69, 9.17) is 18.7 Å². The summed E-state index contributed by atoms with van der Waals surface area (Å²) in [5, 5.41) is 8.82. The fourth-order valence-corrected chi connectivity index (χ4v) is 3.03. The lowest BCUT2D eigenvalue weighted by atomic mass is 10.2. The van der Waals surface area contributed by atoms with Gasteiger partial charge < -0.3 is 18.7 Å². The molecular formula is C22H20N2O5. The molecule has 2 aromatic carbocycles. The summed E-state index contributed by atoms with van der Waals surface area (Å²) in [6, 6.07) is 15.2. The average Bonchev–Trinajstić information content (AvgIpc) is 3.31. The van der Waals surface area contributed by atoms with E-state index in [9.17, 15) is 4.79 Å². The Balaban J connectivity index is 1.44. The number of oxazole rings is 2. The summed E-state index contributed by atoms with van der Waals surface area (Å²) >= 11 is 0. The van der Waals surface area contributed by atoms with Crippen molar-refractivity contribution in [2.45, 2.75) is 26.2 Å². The van der Waals surface area contributed by atoms with Gasteiger partial charge in [-0.3, -0.25) is 4.79 Å². The zero-order valence-corrected chi connectivity index (χ0v) is 15.9. The number of carbonyl (C=O) groups is 1. The van der Waals surface area contributed by atoms with E-state index >= 15 is 0 Å². The Bertz CT molecular complexity index is 1130. The maximum Gasteiger partial charge on any atom is 0.303 e. The van der Waals surface area contributed by atoms with Crippen LogP contribution in [0.25, 0.3) is 22.6 Å². The maximum atomic E-state index is 10.7. The van der Waals surface area contributed by atoms with Crippen LogP contribution in [0.2, 0.25) is 0 Å². The van der Waals surface area contributed by atoms with Gasteiger partial charge >= 0.3 is 5.97 Å². The summed E-state index contributed by atoms with van der Waals surface area (Å²) in [7, 11) is 0. The molecule has 0 spiro atoms. The Morgan fingerprint density at radius 3 is 2.66 bits per heavy atom. The van der Waals surface area contributed by atoms with E-state index in [1.807, 2.05) is 49.4 Å². The van der Waals surface area contributed by atoms with Crippen LogP contribution in [0.4, 0.5) is 0 Å². The van der Waals surface area contributed by atoms with E-state index in [1.165, 1.54) is 0 Å². The van der Waals surface area contributed by atoms with Gasteiger partial charge in [-0.2, -0.15) is 0 Å². The predicted molar refractivity (Wildman–Crippen MR) is 106 cm³/mol. The van der Waals surface area contributed by atoms with Crippen molar-refractivity contribution in [2.24, 2.45) is 0 Å². The van der Waals surface area contributed by atoms with Crippen molar-refractivity contribution in [3.63, 3.8) is 0 Å². The van der Waals surface area contributed by atoms with Crippen LogP contribution in [0.15, 0.2) is 57.4 Å². The van der Waals surface area contributed by atoms with Crippen LogP contribution in [-0.2, 0) is 17.6 Å². The highest BCUT2D eigenvalue weighted by atomic mass is 16.5. The molecule has 0 atom stereocenters. The number of aromatic nitrogens is 2. The van der Waals surface area contributed by atoms with Crippen LogP contribution < -0.4 is 4.74 Å². The van der Waals surface area contributed by atoms with Gasteiger partial charge in [0.1, 0.15) is 11.5 Å². The summed E-state index contributed by atoms with van der Waals surface area (Å²) in [4.78, 5) is 19.7. The van der Waals surface area contributed by atoms with Crippen molar-refractivity contribution in [3.8, 4) is 17.2 Å². The highest BCUT2D eigenvalue weighted by Gasteiger charge is 2.14. The van der Waals surface area contributed by atoms with Gasteiger partial charge in [0.25, 0.3) is 0 Å². The molecule has 0 amide bonds. The van der Waals surface area contributed by atoms with Crippen LogP contribution in [0.3, 0.4) is 0 Å². The number of ether oxygens (including phenoxy) is 1. The molecule has 0 aliphatic carbocycles. The molecule has 0 bridgehead atoms. The molecule has 2 aromatic heterocycles. The first-order chi connectivity index (χ1) is 14.1. The molecule has 7 nitrogen and oxygen atoms in total. The summed E-state index contributed by atoms with van der Waals surface area (Å²) in [5.74, 6) is 1.46. The third-order valence-electron chi connectivity index (χ3n) is 4.49. The molecule has 0 fully saturated rings. The number of carboxylic acid groups (broad SMARTS) is 1. The van der Waals surface area contributed by atoms with Crippen molar-refractivity contribution in [3.05, 3.63) is 65.9 Å². The standard InChI is InChI=1S/C22H20N2O5/c1-14-16(23-22(28-14)15-6-3-2-4-7-15)12-13-27-17-8-5-9-18-21(17)24-19(29-18)10-11-20(25)26/h2-9H,10-13H2,1H3,(H,25,26). The highest BCUT2D eigenvalue weighted by molar-refractivity contribution is 5.79. The number of fused-ring (bicyclic) bond motifs is 1. The number of aliphatic carboxylic acids is 1. The minimum absolute atomic E-state index is 0.0296. The third kappa shape index (κ3) is 4.29. The van der Waals surface area contributed by atoms with Gasteiger partial charge in [0.2, 0.25) is 5.89 Å². The molecule has 0 unspecified atom stereocenters. The van der Waals surface area contributed by atoms with E-state index in [2.05, 4.69) is 9.97 Å². The molecule has 148 valence electrons. The molecule has 2 heterocycles. The van der Waals surface area contributed by atoms with Crippen LogP contribution in [-0.4, -0.2) is 27.7 Å². The van der Waals surface area contributed by atoms with Gasteiger partial charge in [0, 0.05) is 18.4 Å². The maximum absolute atomic E-state index is 10.7. The van der Waals surface area contributed by atoms with Crippen LogP contribution in [0, 0.1) is 6.92 Å². The van der Waals surface area contributed by atoms with E-state index in [-0.39, 0.29) is 12.8 Å². The molecule has 29 heavy (non-hydrogen) atoms. The second-order valence-corrected chi connectivity index (χ2v) is 6.59. The minimum Gasteiger partial charge on any atom is -0.491 e. The first-order valence-corrected chi connectivity index (χ1v) is 9.35. The van der Waals surface area contributed by atoms with Crippen molar-refractivity contribution < 1.29 is 23.5 Å². The number of rotatable bonds is 8. The summed E-state index contributed by atoms with van der Waals surface area (Å²) in [6.07, 6.45) is 0.796. The molecule has 1 N–H and O–H groups in total. The topological polar surface area (TPSA) is 98.6 Å². The molecule has 4 aromatic rings. The Labute approximate surface area is 167 Å². The van der Waals surface area contributed by atoms with E-state index < -0.39 is 5.97 Å². The van der Waals surface area contributed by atoms with Crippen molar-refractivity contribution in [1.29, 1.82) is 0 Å².